The topological polar surface area (TPSA) is 83.0 Å². The Hall–Kier alpha value is -3.51. The molecule has 45 heavy (non-hydrogen) atoms. The molecule has 7 nitrogen and oxygen atoms in total. The van der Waals surface area contributed by atoms with Gasteiger partial charge >= 0.3 is 5.97 Å². The molecule has 0 fully saturated rings. The van der Waals surface area contributed by atoms with Crippen molar-refractivity contribution in [2.45, 2.75) is 26.5 Å². The number of benzene rings is 3. The number of thiazole rings is 1. The van der Waals surface area contributed by atoms with Gasteiger partial charge in [0.25, 0.3) is 5.56 Å². The van der Waals surface area contributed by atoms with E-state index in [9.17, 15) is 9.59 Å². The lowest BCUT2D eigenvalue weighted by Gasteiger charge is -2.22. The fraction of sp³-hybridized carbons (Fsp3) is 0.147. The lowest BCUT2D eigenvalue weighted by atomic mass is 10.0. The van der Waals surface area contributed by atoms with Crippen molar-refractivity contribution in [3.05, 3.63) is 140 Å². The second-order valence-electron chi connectivity index (χ2n) is 10.1. The number of furan rings is 1. The minimum Gasteiger partial charge on any atom is -0.487 e. The third-order valence-corrected chi connectivity index (χ3v) is 9.78. The molecule has 0 saturated heterocycles. The van der Waals surface area contributed by atoms with E-state index in [1.807, 2.05) is 72.8 Å². The van der Waals surface area contributed by atoms with Gasteiger partial charge in [0.15, 0.2) is 4.80 Å². The molecule has 3 aromatic carbocycles. The Kier molecular flexibility index (Phi) is 9.41. The van der Waals surface area contributed by atoms with E-state index in [-0.39, 0.29) is 17.7 Å². The summed E-state index contributed by atoms with van der Waals surface area (Å²) in [6.45, 7) is 4.08. The van der Waals surface area contributed by atoms with Crippen LogP contribution in [0, 0.1) is 0 Å². The maximum atomic E-state index is 14.1. The Balaban J connectivity index is 1.41. The minimum atomic E-state index is -0.848. The number of carbonyl (C=O) groups excluding carboxylic acids is 1. The highest BCUT2D eigenvalue weighted by Crippen LogP contribution is 2.36. The average Bonchev–Trinajstić information content (AvgIpc) is 3.62. The van der Waals surface area contributed by atoms with Crippen LogP contribution < -0.4 is 19.6 Å². The van der Waals surface area contributed by atoms with E-state index in [0.29, 0.717) is 38.9 Å². The molecular formula is C34H25Br3N2O5S. The smallest absolute Gasteiger partial charge is 0.338 e. The summed E-state index contributed by atoms with van der Waals surface area (Å²) in [5, 5.41) is 0. The summed E-state index contributed by atoms with van der Waals surface area (Å²) in [4.78, 5) is 32.4. The molecule has 1 atom stereocenters. The second kappa shape index (κ2) is 13.5. The van der Waals surface area contributed by atoms with Gasteiger partial charge in [0, 0.05) is 10.0 Å². The monoisotopic (exact) mass is 810 g/mol. The number of carbonyl (C=O) groups is 1. The van der Waals surface area contributed by atoms with Crippen molar-refractivity contribution in [3.8, 4) is 17.1 Å². The van der Waals surface area contributed by atoms with Crippen molar-refractivity contribution in [2.24, 2.45) is 4.99 Å². The largest absolute Gasteiger partial charge is 0.487 e. The van der Waals surface area contributed by atoms with Crippen molar-refractivity contribution >= 4 is 71.2 Å². The van der Waals surface area contributed by atoms with E-state index in [1.54, 1.807) is 26.0 Å². The fourth-order valence-electron chi connectivity index (χ4n) is 5.01. The molecule has 0 unspecified atom stereocenters. The molecule has 228 valence electrons. The normalized spacial score (nSPS) is 14.7. The van der Waals surface area contributed by atoms with Gasteiger partial charge in [-0.3, -0.25) is 9.36 Å². The van der Waals surface area contributed by atoms with Crippen LogP contribution in [0.2, 0.25) is 0 Å². The van der Waals surface area contributed by atoms with Crippen molar-refractivity contribution in [1.82, 2.24) is 4.57 Å². The highest BCUT2D eigenvalue weighted by Gasteiger charge is 2.35. The number of fused-ring (bicyclic) bond motifs is 1. The van der Waals surface area contributed by atoms with Crippen LogP contribution in [0.5, 0.6) is 5.75 Å². The van der Waals surface area contributed by atoms with E-state index >= 15 is 0 Å². The molecule has 2 aromatic heterocycles. The molecule has 3 heterocycles. The number of rotatable bonds is 8. The van der Waals surface area contributed by atoms with Gasteiger partial charge in [-0.25, -0.2) is 9.79 Å². The van der Waals surface area contributed by atoms with Crippen LogP contribution >= 0.6 is 59.1 Å². The van der Waals surface area contributed by atoms with E-state index in [0.717, 1.165) is 30.1 Å². The maximum absolute atomic E-state index is 14.1. The lowest BCUT2D eigenvalue weighted by molar-refractivity contribution is -0.139. The van der Waals surface area contributed by atoms with Gasteiger partial charge < -0.3 is 13.9 Å². The van der Waals surface area contributed by atoms with E-state index in [4.69, 9.17) is 13.9 Å². The van der Waals surface area contributed by atoms with E-state index < -0.39 is 12.0 Å². The van der Waals surface area contributed by atoms with Gasteiger partial charge in [0.05, 0.1) is 31.4 Å². The summed E-state index contributed by atoms with van der Waals surface area (Å²) < 4.78 is 22.2. The molecule has 0 N–H and O–H groups in total. The van der Waals surface area contributed by atoms with Crippen LogP contribution in [-0.2, 0) is 16.1 Å². The Morgan fingerprint density at radius 3 is 2.42 bits per heavy atom. The van der Waals surface area contributed by atoms with Crippen molar-refractivity contribution in [2.75, 3.05) is 6.61 Å². The first-order valence-electron chi connectivity index (χ1n) is 13.9. The van der Waals surface area contributed by atoms with Gasteiger partial charge in [0.1, 0.15) is 29.9 Å². The number of hydrogen-bond donors (Lipinski definition) is 0. The van der Waals surface area contributed by atoms with Crippen LogP contribution in [-0.4, -0.2) is 17.1 Å². The quantitative estimate of drug-likeness (QED) is 0.149. The zero-order chi connectivity index (χ0) is 31.7. The first-order chi connectivity index (χ1) is 21.7. The summed E-state index contributed by atoms with van der Waals surface area (Å²) >= 11 is 12.0. The number of hydrogen-bond acceptors (Lipinski definition) is 7. The Morgan fingerprint density at radius 2 is 1.73 bits per heavy atom. The molecule has 0 saturated carbocycles. The highest BCUT2D eigenvalue weighted by atomic mass is 79.9. The lowest BCUT2D eigenvalue weighted by Crippen LogP contribution is -2.39. The van der Waals surface area contributed by atoms with Gasteiger partial charge in [-0.1, -0.05) is 69.7 Å². The third-order valence-electron chi connectivity index (χ3n) is 7.09. The summed E-state index contributed by atoms with van der Waals surface area (Å²) in [6, 6.07) is 24.2. The first-order valence-corrected chi connectivity index (χ1v) is 17.1. The van der Waals surface area contributed by atoms with Crippen LogP contribution in [0.15, 0.2) is 118 Å². The maximum Gasteiger partial charge on any atom is 0.338 e. The first kappa shape index (κ1) is 31.5. The van der Waals surface area contributed by atoms with Crippen LogP contribution in [0.1, 0.15) is 36.8 Å². The van der Waals surface area contributed by atoms with Gasteiger partial charge in [-0.15, -0.1) is 0 Å². The summed E-state index contributed by atoms with van der Waals surface area (Å²) in [5.41, 5.74) is 3.13. The molecule has 5 aromatic rings. The van der Waals surface area contributed by atoms with E-state index in [1.165, 1.54) is 15.9 Å². The average molecular weight is 813 g/mol. The Morgan fingerprint density at radius 1 is 1.02 bits per heavy atom. The predicted octanol–water partition coefficient (Wildman–Crippen LogP) is 7.92. The van der Waals surface area contributed by atoms with Crippen LogP contribution in [0.4, 0.5) is 0 Å². The minimum absolute atomic E-state index is 0.184. The number of ether oxygens (including phenoxy) is 2. The standard InChI is InChI=1S/C34H25Br3N2O5S/c1-3-42-33(41)29-19(2)38-34-39(30(29)27-14-13-26(44-27)22-9-11-23(35)12-10-22)32(40)28(45-34)17-21-15-24(36)31(25(37)16-21)43-18-20-7-5-4-6-8-20/h4-17,30H,3,18H2,1-2H3/b28-17-/t30-/m0/s1. The molecule has 1 aliphatic heterocycles. The molecule has 6 rings (SSSR count). The van der Waals surface area contributed by atoms with Crippen LogP contribution in [0.3, 0.4) is 0 Å². The molecule has 1 aliphatic rings. The fourth-order valence-corrected chi connectivity index (χ4v) is 7.77. The molecule has 11 heteroatoms. The number of aromatic nitrogens is 1. The number of allylic oxidation sites excluding steroid dienone is 1. The molecular weight excluding hydrogens is 788 g/mol. The Labute approximate surface area is 287 Å². The zero-order valence-electron chi connectivity index (χ0n) is 24.1. The Bertz CT molecular complexity index is 2090. The van der Waals surface area contributed by atoms with Crippen molar-refractivity contribution < 1.29 is 18.7 Å². The van der Waals surface area contributed by atoms with Gasteiger partial charge in [0.2, 0.25) is 0 Å². The van der Waals surface area contributed by atoms with Crippen LogP contribution in [0.25, 0.3) is 17.4 Å². The molecule has 0 aliphatic carbocycles. The number of halogens is 3. The molecule has 0 bridgehead atoms. The second-order valence-corrected chi connectivity index (χ2v) is 13.7. The number of esters is 1. The van der Waals surface area contributed by atoms with Gasteiger partial charge in [-0.05, 0) is 99.3 Å². The van der Waals surface area contributed by atoms with Crippen molar-refractivity contribution in [1.29, 1.82) is 0 Å². The third kappa shape index (κ3) is 6.58. The summed E-state index contributed by atoms with van der Waals surface area (Å²) in [6.07, 6.45) is 1.80. The molecule has 0 amide bonds. The number of nitrogens with zero attached hydrogens (tertiary/aromatic N) is 2. The van der Waals surface area contributed by atoms with Crippen molar-refractivity contribution in [3.63, 3.8) is 0 Å². The van der Waals surface area contributed by atoms with E-state index in [2.05, 4.69) is 52.8 Å². The molecule has 0 spiro atoms. The van der Waals surface area contributed by atoms with Gasteiger partial charge in [-0.2, -0.15) is 0 Å². The predicted molar refractivity (Wildman–Crippen MR) is 185 cm³/mol. The molecule has 0 radical (unpaired) electrons. The summed E-state index contributed by atoms with van der Waals surface area (Å²) in [5.74, 6) is 1.16. The zero-order valence-corrected chi connectivity index (χ0v) is 29.6. The summed E-state index contributed by atoms with van der Waals surface area (Å²) in [7, 11) is 0. The highest BCUT2D eigenvalue weighted by molar-refractivity contribution is 9.11. The SMILES string of the molecule is CCOC(=O)C1=C(C)N=c2s/c(=C\c3cc(Br)c(OCc4ccccc4)c(Br)c3)c(=O)n2[C@H]1c1ccc(-c2ccc(Br)cc2)o1.